The largest absolute Gasteiger partial charge is 0.382 e. The van der Waals surface area contributed by atoms with Crippen LogP contribution in [0.25, 0.3) is 0 Å². The predicted molar refractivity (Wildman–Crippen MR) is 238 cm³/mol. The van der Waals surface area contributed by atoms with Crippen molar-refractivity contribution < 1.29 is 9.59 Å². The quantitative estimate of drug-likeness (QED) is 0.0521. The molecule has 2 amide bonds. The second-order valence-corrected chi connectivity index (χ2v) is 15.5. The third kappa shape index (κ3) is 13.3. The Balaban J connectivity index is 1.19. The molecule has 332 valence electrons. The van der Waals surface area contributed by atoms with Crippen LogP contribution in [0.3, 0.4) is 0 Å². The highest BCUT2D eigenvalue weighted by molar-refractivity contribution is 6.32. The zero-order valence-electron chi connectivity index (χ0n) is 34.5. The first kappa shape index (κ1) is 46.3. The van der Waals surface area contributed by atoms with Gasteiger partial charge in [0.15, 0.2) is 56.9 Å². The Bertz CT molecular complexity index is 1880. The van der Waals surface area contributed by atoms with E-state index in [0.29, 0.717) is 76.3 Å². The zero-order chi connectivity index (χ0) is 44.1. The molecule has 5 rings (SSSR count). The molecule has 0 spiro atoms. The van der Waals surface area contributed by atoms with Crippen LogP contribution in [0, 0.1) is 10.8 Å². The van der Waals surface area contributed by atoms with E-state index in [4.69, 9.17) is 71.9 Å². The Hall–Kier alpha value is -5.81. The van der Waals surface area contributed by atoms with Gasteiger partial charge in [-0.1, -0.05) is 49.9 Å². The van der Waals surface area contributed by atoms with E-state index in [9.17, 15) is 9.59 Å². The van der Waals surface area contributed by atoms with Gasteiger partial charge in [-0.05, 0) is 64.6 Å². The van der Waals surface area contributed by atoms with E-state index in [0.717, 1.165) is 38.9 Å². The molecule has 3 aromatic rings. The minimum atomic E-state index is -0.736. The molecule has 0 radical (unpaired) electrons. The zero-order valence-corrected chi connectivity index (χ0v) is 36.0. The van der Waals surface area contributed by atoms with Gasteiger partial charge in [0.25, 0.3) is 11.8 Å². The van der Waals surface area contributed by atoms with Crippen molar-refractivity contribution in [3.05, 3.63) is 21.7 Å². The molecule has 2 saturated heterocycles. The highest BCUT2D eigenvalue weighted by atomic mass is 35.5. The van der Waals surface area contributed by atoms with Crippen molar-refractivity contribution in [2.24, 2.45) is 0 Å². The van der Waals surface area contributed by atoms with Gasteiger partial charge in [0, 0.05) is 44.8 Å². The summed E-state index contributed by atoms with van der Waals surface area (Å²) in [7, 11) is 0. The van der Waals surface area contributed by atoms with Crippen molar-refractivity contribution in [1.29, 1.82) is 10.8 Å². The summed E-state index contributed by atoms with van der Waals surface area (Å²) in [5, 5.41) is 30.9. The number of carbonyl (C=O) groups is 2. The number of nitrogens with one attached hydrogen (secondary N) is 7. The van der Waals surface area contributed by atoms with Gasteiger partial charge in [-0.25, -0.2) is 19.9 Å². The maximum Gasteiger partial charge on any atom is 0.280 e. The molecule has 2 aliphatic rings. The fourth-order valence-corrected chi connectivity index (χ4v) is 7.06. The summed E-state index contributed by atoms with van der Waals surface area (Å²) < 4.78 is 0. The highest BCUT2D eigenvalue weighted by Crippen LogP contribution is 2.24. The third-order valence-corrected chi connectivity index (χ3v) is 10.7. The van der Waals surface area contributed by atoms with Gasteiger partial charge in [0.2, 0.25) is 17.8 Å². The standard InChI is InChI=1S/C36H57Cl2N21O2/c1-3-5-13-57(14-6-4-2)15-7-12-45-34-54-35(58-16-8-20(9-17-58)46-32(43)52-30(60)22-26(39)50-28(41)24(37)48-22)56-36(55-34)59-18-10-21(11-19-59)47-33(44)53-31(61)23-27(40)51-29(42)25(38)49-23/h20-21H,3-19H2,1-2H3,(H4,39,41,50)(H4,40,42,51)(H3,43,46,52,60)(H3,44,47,53,61)(H,45,54,55,56). The van der Waals surface area contributed by atoms with Crippen LogP contribution < -0.4 is 59.3 Å². The van der Waals surface area contributed by atoms with E-state index in [2.05, 4.69) is 75.1 Å². The normalized spacial score (nSPS) is 14.8. The maximum atomic E-state index is 12.7. The highest BCUT2D eigenvalue weighted by Gasteiger charge is 2.28. The number of unbranched alkanes of at least 4 members (excludes halogenated alkanes) is 2. The SMILES string of the molecule is CCCCN(CCCC)CCCNc1nc(N2CCC(NC(=N)NC(=O)c3nc(Cl)c(N)nc3N)CC2)nc(N2CCC(NC(=N)NC(=O)c3nc(Cl)c(N)nc3N)CC2)n1. The number of guanidine groups is 2. The molecule has 2 aliphatic heterocycles. The summed E-state index contributed by atoms with van der Waals surface area (Å²) in [6.45, 7) is 10.6. The number of piperidine rings is 2. The number of anilines is 7. The molecule has 2 fully saturated rings. The molecule has 15 N–H and O–H groups in total. The molecular weight excluding hydrogens is 829 g/mol. The van der Waals surface area contributed by atoms with Gasteiger partial charge in [-0.3, -0.25) is 31.0 Å². The van der Waals surface area contributed by atoms with Crippen molar-refractivity contribution in [1.82, 2.24) is 61.1 Å². The number of halogens is 2. The fraction of sp³-hybridized carbons (Fsp3) is 0.583. The molecular formula is C36H57Cl2N21O2. The van der Waals surface area contributed by atoms with Gasteiger partial charge in [-0.2, -0.15) is 15.0 Å². The number of amides is 2. The number of carbonyl (C=O) groups excluding carboxylic acids is 2. The summed E-state index contributed by atoms with van der Waals surface area (Å²) in [6, 6.07) is -0.233. The second-order valence-electron chi connectivity index (χ2n) is 14.8. The molecule has 61 heavy (non-hydrogen) atoms. The smallest absolute Gasteiger partial charge is 0.280 e. The van der Waals surface area contributed by atoms with Crippen molar-refractivity contribution in [2.45, 2.75) is 83.7 Å². The van der Waals surface area contributed by atoms with Gasteiger partial charge in [0.1, 0.15) is 0 Å². The first-order chi connectivity index (χ1) is 29.2. The lowest BCUT2D eigenvalue weighted by Gasteiger charge is -2.35. The van der Waals surface area contributed by atoms with E-state index in [1.165, 1.54) is 12.8 Å². The Labute approximate surface area is 364 Å². The van der Waals surface area contributed by atoms with Gasteiger partial charge >= 0.3 is 0 Å². The monoisotopic (exact) mass is 885 g/mol. The van der Waals surface area contributed by atoms with E-state index >= 15 is 0 Å². The summed E-state index contributed by atoms with van der Waals surface area (Å²) in [5.74, 6) is -0.930. The topological polar surface area (TPSA) is 346 Å². The van der Waals surface area contributed by atoms with E-state index < -0.39 is 11.8 Å². The van der Waals surface area contributed by atoms with Gasteiger partial charge < -0.3 is 53.6 Å². The molecule has 5 heterocycles. The first-order valence-corrected chi connectivity index (χ1v) is 21.2. The van der Waals surface area contributed by atoms with E-state index in [-0.39, 0.29) is 69.0 Å². The Morgan fingerprint density at radius 3 is 1.46 bits per heavy atom. The summed E-state index contributed by atoms with van der Waals surface area (Å²) in [4.78, 5) is 62.2. The Kier molecular flexibility index (Phi) is 16.8. The van der Waals surface area contributed by atoms with Gasteiger partial charge in [0.05, 0.1) is 0 Å². The van der Waals surface area contributed by atoms with Crippen LogP contribution >= 0.6 is 23.2 Å². The van der Waals surface area contributed by atoms with E-state index in [1.807, 2.05) is 0 Å². The Morgan fingerprint density at radius 1 is 0.639 bits per heavy atom. The molecule has 0 unspecified atom stereocenters. The number of nitrogens with zero attached hydrogens (tertiary/aromatic N) is 10. The second kappa shape index (κ2) is 22.2. The number of nitrogens with two attached hydrogens (primary N) is 4. The van der Waals surface area contributed by atoms with Crippen LogP contribution in [0.2, 0.25) is 10.3 Å². The van der Waals surface area contributed by atoms with Gasteiger partial charge in [-0.15, -0.1) is 0 Å². The van der Waals surface area contributed by atoms with Crippen LogP contribution in [0.1, 0.15) is 92.6 Å². The molecule has 0 aliphatic carbocycles. The summed E-state index contributed by atoms with van der Waals surface area (Å²) >= 11 is 11.8. The molecule has 0 saturated carbocycles. The molecule has 23 nitrogen and oxygen atoms in total. The predicted octanol–water partition coefficient (Wildman–Crippen LogP) is 1.64. The fourth-order valence-electron chi connectivity index (χ4n) is 6.81. The molecule has 0 atom stereocenters. The minimum absolute atomic E-state index is 0.0966. The molecule has 0 bridgehead atoms. The number of aromatic nitrogens is 7. The average Bonchev–Trinajstić information content (AvgIpc) is 3.23. The average molecular weight is 887 g/mol. The van der Waals surface area contributed by atoms with Crippen molar-refractivity contribution in [2.75, 3.05) is 90.4 Å². The van der Waals surface area contributed by atoms with E-state index in [1.54, 1.807) is 0 Å². The number of hydrogen-bond acceptors (Lipinski definition) is 19. The number of nitrogen functional groups attached to an aromatic ring is 4. The summed E-state index contributed by atoms with van der Waals surface area (Å²) in [6.07, 6.45) is 8.12. The summed E-state index contributed by atoms with van der Waals surface area (Å²) in [5.41, 5.74) is 22.4. The van der Waals surface area contributed by atoms with Crippen LogP contribution in [0.5, 0.6) is 0 Å². The van der Waals surface area contributed by atoms with Crippen LogP contribution in [0.4, 0.5) is 41.1 Å². The van der Waals surface area contributed by atoms with Crippen LogP contribution in [0.15, 0.2) is 0 Å². The number of rotatable bonds is 17. The first-order valence-electron chi connectivity index (χ1n) is 20.5. The minimum Gasteiger partial charge on any atom is -0.382 e. The number of hydrogen-bond donors (Lipinski definition) is 11. The molecule has 25 heteroatoms. The Morgan fingerprint density at radius 2 is 1.05 bits per heavy atom. The van der Waals surface area contributed by atoms with Crippen molar-refractivity contribution in [3.63, 3.8) is 0 Å². The molecule has 0 aromatic carbocycles. The maximum absolute atomic E-state index is 12.7. The lowest BCUT2D eigenvalue weighted by Crippen LogP contribution is -2.50. The lowest BCUT2D eigenvalue weighted by atomic mass is 10.1. The van der Waals surface area contributed by atoms with Crippen LogP contribution in [-0.2, 0) is 0 Å². The lowest BCUT2D eigenvalue weighted by molar-refractivity contribution is 0.0962. The van der Waals surface area contributed by atoms with Crippen molar-refractivity contribution in [3.8, 4) is 0 Å². The third-order valence-electron chi connectivity index (χ3n) is 10.2. The van der Waals surface area contributed by atoms with Crippen molar-refractivity contribution >= 4 is 88.1 Å². The van der Waals surface area contributed by atoms with Crippen LogP contribution in [-0.4, -0.2) is 128 Å². The molecule has 3 aromatic heterocycles.